The second-order valence-corrected chi connectivity index (χ2v) is 4.19. The maximum absolute atomic E-state index is 5.74. The zero-order valence-electron chi connectivity index (χ0n) is 11.6. The Kier molecular flexibility index (Phi) is 6.60. The van der Waals surface area contributed by atoms with E-state index < -0.39 is 0 Å². The molecule has 1 aromatic heterocycles. The van der Waals surface area contributed by atoms with Gasteiger partial charge in [-0.2, -0.15) is 0 Å². The molecule has 102 valence electrons. The van der Waals surface area contributed by atoms with Crippen molar-refractivity contribution < 1.29 is 4.74 Å². The molecule has 2 N–H and O–H groups in total. The van der Waals surface area contributed by atoms with E-state index in [0.717, 1.165) is 30.9 Å². The van der Waals surface area contributed by atoms with Crippen LogP contribution >= 0.6 is 0 Å². The summed E-state index contributed by atoms with van der Waals surface area (Å²) in [6.45, 7) is 6.28. The van der Waals surface area contributed by atoms with Gasteiger partial charge < -0.3 is 15.4 Å². The minimum absolute atomic E-state index is 0.410. The number of hydrogen-bond acceptors (Lipinski definition) is 5. The SMILES string of the molecule is CCC(CC)N(CCOC)c1nccnc1CN. The first kappa shape index (κ1) is 14.9. The van der Waals surface area contributed by atoms with Crippen molar-refractivity contribution in [2.75, 3.05) is 25.2 Å². The summed E-state index contributed by atoms with van der Waals surface area (Å²) in [4.78, 5) is 11.0. The lowest BCUT2D eigenvalue weighted by Gasteiger charge is -2.32. The van der Waals surface area contributed by atoms with E-state index >= 15 is 0 Å². The van der Waals surface area contributed by atoms with Gasteiger partial charge in [0.05, 0.1) is 12.3 Å². The molecule has 5 heteroatoms. The molecule has 0 saturated carbocycles. The minimum atomic E-state index is 0.410. The number of methoxy groups -OCH3 is 1. The zero-order valence-corrected chi connectivity index (χ0v) is 11.6. The molecule has 18 heavy (non-hydrogen) atoms. The first-order valence-corrected chi connectivity index (χ1v) is 6.53. The molecule has 0 aromatic carbocycles. The average Bonchev–Trinajstić information content (AvgIpc) is 2.43. The van der Waals surface area contributed by atoms with Gasteiger partial charge in [0.15, 0.2) is 5.82 Å². The fraction of sp³-hybridized carbons (Fsp3) is 0.692. The Balaban J connectivity index is 2.99. The second kappa shape index (κ2) is 8.00. The third-order valence-electron chi connectivity index (χ3n) is 3.14. The van der Waals surface area contributed by atoms with Crippen molar-refractivity contribution in [3.05, 3.63) is 18.1 Å². The van der Waals surface area contributed by atoms with Crippen LogP contribution in [0.2, 0.25) is 0 Å². The van der Waals surface area contributed by atoms with Crippen LogP contribution in [0.4, 0.5) is 5.82 Å². The van der Waals surface area contributed by atoms with Gasteiger partial charge in [0, 0.05) is 38.6 Å². The smallest absolute Gasteiger partial charge is 0.151 e. The normalized spacial score (nSPS) is 10.9. The molecule has 0 aliphatic carbocycles. The van der Waals surface area contributed by atoms with Crippen LogP contribution in [0.1, 0.15) is 32.4 Å². The number of rotatable bonds is 8. The molecule has 0 bridgehead atoms. The molecule has 1 heterocycles. The largest absolute Gasteiger partial charge is 0.383 e. The van der Waals surface area contributed by atoms with Crippen LogP contribution in [-0.2, 0) is 11.3 Å². The van der Waals surface area contributed by atoms with E-state index in [1.165, 1.54) is 0 Å². The summed E-state index contributed by atoms with van der Waals surface area (Å²) in [5.74, 6) is 0.894. The summed E-state index contributed by atoms with van der Waals surface area (Å²) in [7, 11) is 1.71. The van der Waals surface area contributed by atoms with Crippen molar-refractivity contribution in [1.29, 1.82) is 0 Å². The quantitative estimate of drug-likeness (QED) is 0.761. The number of ether oxygens (including phenoxy) is 1. The fourth-order valence-corrected chi connectivity index (χ4v) is 2.12. The highest BCUT2D eigenvalue weighted by Gasteiger charge is 2.19. The molecule has 0 aliphatic heterocycles. The highest BCUT2D eigenvalue weighted by atomic mass is 16.5. The summed E-state index contributed by atoms with van der Waals surface area (Å²) in [5, 5.41) is 0. The van der Waals surface area contributed by atoms with E-state index in [2.05, 4.69) is 28.7 Å². The summed E-state index contributed by atoms with van der Waals surface area (Å²) in [6, 6.07) is 0.446. The third-order valence-corrected chi connectivity index (χ3v) is 3.14. The molecule has 0 atom stereocenters. The summed E-state index contributed by atoms with van der Waals surface area (Å²) >= 11 is 0. The van der Waals surface area contributed by atoms with Crippen molar-refractivity contribution in [2.45, 2.75) is 39.3 Å². The molecule has 0 aliphatic rings. The zero-order chi connectivity index (χ0) is 13.4. The Morgan fingerprint density at radius 3 is 2.50 bits per heavy atom. The third kappa shape index (κ3) is 3.65. The van der Waals surface area contributed by atoms with E-state index in [1.807, 2.05) is 0 Å². The molecular formula is C13H24N4O. The van der Waals surface area contributed by atoms with Crippen LogP contribution in [0.3, 0.4) is 0 Å². The minimum Gasteiger partial charge on any atom is -0.383 e. The van der Waals surface area contributed by atoms with Crippen LogP contribution in [0.15, 0.2) is 12.4 Å². The van der Waals surface area contributed by atoms with Gasteiger partial charge in [-0.1, -0.05) is 13.8 Å². The van der Waals surface area contributed by atoms with Gasteiger partial charge in [0.2, 0.25) is 0 Å². The highest BCUT2D eigenvalue weighted by molar-refractivity contribution is 5.44. The van der Waals surface area contributed by atoms with Gasteiger partial charge in [-0.3, -0.25) is 4.98 Å². The van der Waals surface area contributed by atoms with Crippen LogP contribution in [0.5, 0.6) is 0 Å². The molecule has 1 rings (SSSR count). The fourth-order valence-electron chi connectivity index (χ4n) is 2.12. The Hall–Kier alpha value is -1.20. The Bertz CT molecular complexity index is 342. The number of nitrogens with zero attached hydrogens (tertiary/aromatic N) is 3. The Morgan fingerprint density at radius 1 is 1.28 bits per heavy atom. The van der Waals surface area contributed by atoms with E-state index in [1.54, 1.807) is 19.5 Å². The van der Waals surface area contributed by atoms with Gasteiger partial charge in [-0.05, 0) is 12.8 Å². The van der Waals surface area contributed by atoms with E-state index in [0.29, 0.717) is 19.2 Å². The molecule has 0 fully saturated rings. The van der Waals surface area contributed by atoms with Crippen LogP contribution in [0, 0.1) is 0 Å². The standard InChI is InChI=1S/C13H24N4O/c1-4-11(5-2)17(8-9-18-3)13-12(10-14)15-6-7-16-13/h6-7,11H,4-5,8-10,14H2,1-3H3. The van der Waals surface area contributed by atoms with Crippen LogP contribution in [-0.4, -0.2) is 36.3 Å². The first-order chi connectivity index (χ1) is 8.78. The highest BCUT2D eigenvalue weighted by Crippen LogP contribution is 2.20. The Morgan fingerprint density at radius 2 is 1.94 bits per heavy atom. The van der Waals surface area contributed by atoms with Gasteiger partial charge in [-0.25, -0.2) is 4.98 Å². The monoisotopic (exact) mass is 252 g/mol. The van der Waals surface area contributed by atoms with Gasteiger partial charge in [0.25, 0.3) is 0 Å². The second-order valence-electron chi connectivity index (χ2n) is 4.19. The van der Waals surface area contributed by atoms with Gasteiger partial charge >= 0.3 is 0 Å². The van der Waals surface area contributed by atoms with Gasteiger partial charge in [0.1, 0.15) is 0 Å². The Labute approximate surface area is 109 Å². The summed E-state index contributed by atoms with van der Waals surface area (Å²) in [5.41, 5.74) is 6.59. The molecule has 0 saturated heterocycles. The predicted octanol–water partition coefficient (Wildman–Crippen LogP) is 1.58. The van der Waals surface area contributed by atoms with E-state index in [9.17, 15) is 0 Å². The van der Waals surface area contributed by atoms with E-state index in [4.69, 9.17) is 10.5 Å². The van der Waals surface area contributed by atoms with Crippen molar-refractivity contribution in [3.63, 3.8) is 0 Å². The van der Waals surface area contributed by atoms with Crippen LogP contribution in [0.25, 0.3) is 0 Å². The first-order valence-electron chi connectivity index (χ1n) is 6.53. The molecular weight excluding hydrogens is 228 g/mol. The van der Waals surface area contributed by atoms with Crippen molar-refractivity contribution >= 4 is 5.82 Å². The lowest BCUT2D eigenvalue weighted by Crippen LogP contribution is -2.38. The van der Waals surface area contributed by atoms with Crippen molar-refractivity contribution in [2.24, 2.45) is 5.73 Å². The summed E-state index contributed by atoms with van der Waals surface area (Å²) in [6.07, 6.45) is 5.55. The molecule has 0 spiro atoms. The van der Waals surface area contributed by atoms with Crippen LogP contribution < -0.4 is 10.6 Å². The molecule has 1 aromatic rings. The number of anilines is 1. The number of aromatic nitrogens is 2. The average molecular weight is 252 g/mol. The van der Waals surface area contributed by atoms with Crippen molar-refractivity contribution in [3.8, 4) is 0 Å². The number of hydrogen-bond donors (Lipinski definition) is 1. The predicted molar refractivity (Wildman–Crippen MR) is 73.5 cm³/mol. The molecule has 0 radical (unpaired) electrons. The lowest BCUT2D eigenvalue weighted by atomic mass is 10.1. The lowest BCUT2D eigenvalue weighted by molar-refractivity contribution is 0.202. The van der Waals surface area contributed by atoms with Crippen molar-refractivity contribution in [1.82, 2.24) is 9.97 Å². The maximum Gasteiger partial charge on any atom is 0.151 e. The topological polar surface area (TPSA) is 64.3 Å². The molecule has 5 nitrogen and oxygen atoms in total. The summed E-state index contributed by atoms with van der Waals surface area (Å²) < 4.78 is 5.19. The number of nitrogens with two attached hydrogens (primary N) is 1. The van der Waals surface area contributed by atoms with Gasteiger partial charge in [-0.15, -0.1) is 0 Å². The molecule has 0 amide bonds. The van der Waals surface area contributed by atoms with E-state index in [-0.39, 0.29) is 0 Å². The maximum atomic E-state index is 5.74. The molecule has 0 unspecified atom stereocenters.